The van der Waals surface area contributed by atoms with Gasteiger partial charge in [-0.2, -0.15) is 0 Å². The van der Waals surface area contributed by atoms with Gasteiger partial charge in [-0.15, -0.1) is 0 Å². The molecule has 0 radical (unpaired) electrons. The molecule has 1 atom stereocenters. The summed E-state index contributed by atoms with van der Waals surface area (Å²) in [6.45, 7) is 2.58. The van der Waals surface area contributed by atoms with E-state index < -0.39 is 0 Å². The van der Waals surface area contributed by atoms with E-state index in [0.717, 1.165) is 32.5 Å². The molecule has 3 rings (SSSR count). The molecule has 0 spiro atoms. The topological polar surface area (TPSA) is 45.2 Å². The van der Waals surface area contributed by atoms with Gasteiger partial charge in [0, 0.05) is 32.0 Å². The maximum absolute atomic E-state index is 12.3. The molecule has 2 fully saturated rings. The highest BCUT2D eigenvalue weighted by Crippen LogP contribution is 2.32. The summed E-state index contributed by atoms with van der Waals surface area (Å²) in [5.41, 5.74) is 1.17. The summed E-state index contributed by atoms with van der Waals surface area (Å²) in [7, 11) is 0. The maximum Gasteiger partial charge on any atom is 0.228 e. The third-order valence-electron chi connectivity index (χ3n) is 3.74. The van der Waals surface area contributed by atoms with Crippen LogP contribution < -0.4 is 5.32 Å². The Labute approximate surface area is 101 Å². The van der Waals surface area contributed by atoms with E-state index >= 15 is 0 Å². The first-order valence-corrected chi connectivity index (χ1v) is 6.27. The van der Waals surface area contributed by atoms with Crippen molar-refractivity contribution in [3.8, 4) is 0 Å². The normalized spacial score (nSPS) is 24.7. The lowest BCUT2D eigenvalue weighted by Crippen LogP contribution is -2.51. The molecule has 1 aromatic heterocycles. The Morgan fingerprint density at radius 3 is 3.00 bits per heavy atom. The summed E-state index contributed by atoms with van der Waals surface area (Å²) in [5.74, 6) is 0.516. The fraction of sp³-hybridized carbons (Fsp3) is 0.538. The molecule has 0 aliphatic carbocycles. The summed E-state index contributed by atoms with van der Waals surface area (Å²) < 4.78 is 0. The molecule has 4 heteroatoms. The first kappa shape index (κ1) is 10.7. The number of carbonyl (C=O) groups is 1. The van der Waals surface area contributed by atoms with E-state index in [2.05, 4.69) is 16.4 Å². The first-order chi connectivity index (χ1) is 8.36. The van der Waals surface area contributed by atoms with Gasteiger partial charge in [0.05, 0.1) is 12.0 Å². The van der Waals surface area contributed by atoms with E-state index in [1.54, 1.807) is 6.20 Å². The van der Waals surface area contributed by atoms with Gasteiger partial charge in [0.2, 0.25) is 5.91 Å². The highest BCUT2D eigenvalue weighted by Gasteiger charge is 2.36. The molecule has 1 aromatic rings. The minimum atomic E-state index is 0.201. The van der Waals surface area contributed by atoms with E-state index in [0.29, 0.717) is 5.91 Å². The number of nitrogens with zero attached hydrogens (tertiary/aromatic N) is 2. The minimum absolute atomic E-state index is 0.201. The number of hydrogen-bond donors (Lipinski definition) is 1. The third kappa shape index (κ3) is 1.93. The predicted molar refractivity (Wildman–Crippen MR) is 64.3 cm³/mol. The Balaban J connectivity index is 1.77. The number of hydrogen-bond acceptors (Lipinski definition) is 3. The Morgan fingerprint density at radius 2 is 2.35 bits per heavy atom. The molecule has 0 bridgehead atoms. The standard InChI is InChI=1S/C13H17N3O/c17-13(11-8-15-9-11)16-6-2-4-12(16)10-3-1-5-14-7-10/h1,3,5,7,11-12,15H,2,4,6,8-9H2/t12-/m1/s1. The molecule has 0 unspecified atom stereocenters. The van der Waals surface area contributed by atoms with Crippen LogP contribution in [0.4, 0.5) is 0 Å². The van der Waals surface area contributed by atoms with Crippen LogP contribution in [-0.4, -0.2) is 35.4 Å². The van der Waals surface area contributed by atoms with Gasteiger partial charge in [0.1, 0.15) is 0 Å². The highest BCUT2D eigenvalue weighted by molar-refractivity contribution is 5.81. The number of aromatic nitrogens is 1. The molecule has 3 heterocycles. The van der Waals surface area contributed by atoms with Crippen molar-refractivity contribution in [2.75, 3.05) is 19.6 Å². The van der Waals surface area contributed by atoms with Crippen molar-refractivity contribution in [1.82, 2.24) is 15.2 Å². The van der Waals surface area contributed by atoms with Crippen molar-refractivity contribution >= 4 is 5.91 Å². The second-order valence-corrected chi connectivity index (χ2v) is 4.83. The van der Waals surface area contributed by atoms with Gasteiger partial charge in [-0.05, 0) is 24.5 Å². The van der Waals surface area contributed by atoms with Gasteiger partial charge in [-0.25, -0.2) is 0 Å². The first-order valence-electron chi connectivity index (χ1n) is 6.27. The van der Waals surface area contributed by atoms with Gasteiger partial charge in [0.25, 0.3) is 0 Å². The maximum atomic E-state index is 12.3. The zero-order valence-corrected chi connectivity index (χ0v) is 9.80. The Hall–Kier alpha value is -1.42. The average molecular weight is 231 g/mol. The quantitative estimate of drug-likeness (QED) is 0.824. The van der Waals surface area contributed by atoms with E-state index in [1.165, 1.54) is 5.56 Å². The Bertz CT molecular complexity index is 402. The second-order valence-electron chi connectivity index (χ2n) is 4.83. The van der Waals surface area contributed by atoms with Gasteiger partial charge in [-0.3, -0.25) is 9.78 Å². The molecular weight excluding hydrogens is 214 g/mol. The van der Waals surface area contributed by atoms with Crippen LogP contribution in [0.1, 0.15) is 24.4 Å². The van der Waals surface area contributed by atoms with Gasteiger partial charge < -0.3 is 10.2 Å². The zero-order valence-electron chi connectivity index (χ0n) is 9.80. The van der Waals surface area contributed by atoms with Crippen molar-refractivity contribution in [2.45, 2.75) is 18.9 Å². The fourth-order valence-corrected chi connectivity index (χ4v) is 2.65. The lowest BCUT2D eigenvalue weighted by atomic mass is 10.00. The summed E-state index contributed by atoms with van der Waals surface area (Å²) in [6, 6.07) is 4.26. The third-order valence-corrected chi connectivity index (χ3v) is 3.74. The lowest BCUT2D eigenvalue weighted by molar-refractivity contribution is -0.138. The molecule has 90 valence electrons. The number of amides is 1. The summed E-state index contributed by atoms with van der Waals surface area (Å²) in [5, 5.41) is 3.16. The fourth-order valence-electron chi connectivity index (χ4n) is 2.65. The number of nitrogens with one attached hydrogen (secondary N) is 1. The molecule has 4 nitrogen and oxygen atoms in total. The highest BCUT2D eigenvalue weighted by atomic mass is 16.2. The molecule has 2 aliphatic heterocycles. The molecule has 0 saturated carbocycles. The number of carbonyl (C=O) groups excluding carboxylic acids is 1. The molecule has 17 heavy (non-hydrogen) atoms. The monoisotopic (exact) mass is 231 g/mol. The van der Waals surface area contributed by atoms with Gasteiger partial charge >= 0.3 is 0 Å². The molecule has 2 aliphatic rings. The van der Waals surface area contributed by atoms with Crippen LogP contribution in [0.2, 0.25) is 0 Å². The lowest BCUT2D eigenvalue weighted by Gasteiger charge is -2.33. The molecular formula is C13H17N3O. The number of rotatable bonds is 2. The minimum Gasteiger partial charge on any atom is -0.335 e. The SMILES string of the molecule is O=C(C1CNC1)N1CCC[C@@H]1c1cccnc1. The van der Waals surface area contributed by atoms with Crippen molar-refractivity contribution in [2.24, 2.45) is 5.92 Å². The van der Waals surface area contributed by atoms with Crippen LogP contribution in [0.25, 0.3) is 0 Å². The van der Waals surface area contributed by atoms with E-state index in [1.807, 2.05) is 17.2 Å². The average Bonchev–Trinajstić information content (AvgIpc) is 2.76. The summed E-state index contributed by atoms with van der Waals surface area (Å²) >= 11 is 0. The largest absolute Gasteiger partial charge is 0.335 e. The van der Waals surface area contributed by atoms with Crippen molar-refractivity contribution in [3.05, 3.63) is 30.1 Å². The van der Waals surface area contributed by atoms with Crippen LogP contribution in [0.15, 0.2) is 24.5 Å². The van der Waals surface area contributed by atoms with Crippen molar-refractivity contribution < 1.29 is 4.79 Å². The van der Waals surface area contributed by atoms with E-state index in [4.69, 9.17) is 0 Å². The van der Waals surface area contributed by atoms with Crippen LogP contribution in [-0.2, 0) is 4.79 Å². The summed E-state index contributed by atoms with van der Waals surface area (Å²) in [6.07, 6.45) is 5.83. The second kappa shape index (κ2) is 4.45. The zero-order chi connectivity index (χ0) is 11.7. The van der Waals surface area contributed by atoms with Crippen LogP contribution in [0, 0.1) is 5.92 Å². The van der Waals surface area contributed by atoms with Gasteiger partial charge in [-0.1, -0.05) is 6.07 Å². The van der Waals surface area contributed by atoms with Crippen LogP contribution in [0.5, 0.6) is 0 Å². The molecule has 1 amide bonds. The predicted octanol–water partition coefficient (Wildman–Crippen LogP) is 0.964. The van der Waals surface area contributed by atoms with Crippen molar-refractivity contribution in [1.29, 1.82) is 0 Å². The summed E-state index contributed by atoms with van der Waals surface area (Å²) in [4.78, 5) is 18.5. The number of likely N-dealkylation sites (tertiary alicyclic amines) is 1. The Morgan fingerprint density at radius 1 is 1.47 bits per heavy atom. The van der Waals surface area contributed by atoms with Crippen molar-refractivity contribution in [3.63, 3.8) is 0 Å². The smallest absolute Gasteiger partial charge is 0.228 e. The van der Waals surface area contributed by atoms with E-state index in [9.17, 15) is 4.79 Å². The molecule has 0 aromatic carbocycles. The van der Waals surface area contributed by atoms with E-state index in [-0.39, 0.29) is 12.0 Å². The van der Waals surface area contributed by atoms with Crippen LogP contribution >= 0.6 is 0 Å². The molecule has 1 N–H and O–H groups in total. The molecule has 2 saturated heterocycles. The Kier molecular flexibility index (Phi) is 2.81. The number of pyridine rings is 1. The van der Waals surface area contributed by atoms with Crippen LogP contribution in [0.3, 0.4) is 0 Å². The van der Waals surface area contributed by atoms with Gasteiger partial charge in [0.15, 0.2) is 0 Å².